The second-order valence-corrected chi connectivity index (χ2v) is 8.73. The van der Waals surface area contributed by atoms with Gasteiger partial charge in [-0.05, 0) is 49.5 Å². The first kappa shape index (κ1) is 21.9. The van der Waals surface area contributed by atoms with Crippen LogP contribution in [0.1, 0.15) is 17.2 Å². The molecule has 150 valence electrons. The second-order valence-electron chi connectivity index (χ2n) is 6.58. The van der Waals surface area contributed by atoms with E-state index >= 15 is 0 Å². The third kappa shape index (κ3) is 6.99. The highest BCUT2D eigenvalue weighted by Crippen LogP contribution is 2.25. The van der Waals surface area contributed by atoms with Gasteiger partial charge in [-0.2, -0.15) is 0 Å². The lowest BCUT2D eigenvalue weighted by Crippen LogP contribution is -2.33. The van der Waals surface area contributed by atoms with Crippen molar-refractivity contribution < 1.29 is 13.2 Å². The molecule has 0 aliphatic carbocycles. The topological polar surface area (TPSA) is 78.5 Å². The molecule has 0 bridgehead atoms. The van der Waals surface area contributed by atoms with Gasteiger partial charge >= 0.3 is 0 Å². The van der Waals surface area contributed by atoms with Gasteiger partial charge in [-0.1, -0.05) is 41.9 Å². The monoisotopic (exact) mass is 421 g/mol. The van der Waals surface area contributed by atoms with Gasteiger partial charge in [0.25, 0.3) is 0 Å². The summed E-state index contributed by atoms with van der Waals surface area (Å²) in [5, 5.41) is 3.55. The molecule has 8 heteroatoms. The number of halogens is 1. The fraction of sp³-hybridized carbons (Fsp3) is 0.250. The van der Waals surface area contributed by atoms with Gasteiger partial charge in [0.2, 0.25) is 15.9 Å². The van der Waals surface area contributed by atoms with E-state index in [0.29, 0.717) is 17.3 Å². The summed E-state index contributed by atoms with van der Waals surface area (Å²) in [4.78, 5) is 14.2. The lowest BCUT2D eigenvalue weighted by atomic mass is 10.1. The Balaban J connectivity index is 1.96. The van der Waals surface area contributed by atoms with E-state index in [0.717, 1.165) is 17.4 Å². The average molecular weight is 422 g/mol. The molecule has 2 aromatic rings. The molecule has 6 nitrogen and oxygen atoms in total. The average Bonchev–Trinajstić information content (AvgIpc) is 2.61. The molecule has 2 aromatic carbocycles. The number of nitrogens with one attached hydrogen (secondary N) is 2. The van der Waals surface area contributed by atoms with Crippen LogP contribution in [-0.2, 0) is 14.8 Å². The molecule has 0 aliphatic rings. The van der Waals surface area contributed by atoms with Crippen LogP contribution in [0.3, 0.4) is 0 Å². The Labute approximate surface area is 171 Å². The van der Waals surface area contributed by atoms with Gasteiger partial charge in [0.1, 0.15) is 0 Å². The van der Waals surface area contributed by atoms with Crippen molar-refractivity contribution in [2.45, 2.75) is 6.04 Å². The summed E-state index contributed by atoms with van der Waals surface area (Å²) < 4.78 is 24.8. The smallest absolute Gasteiger partial charge is 0.244 e. The summed E-state index contributed by atoms with van der Waals surface area (Å²) in [6, 6.07) is 14.2. The highest BCUT2D eigenvalue weighted by Gasteiger charge is 2.17. The molecule has 0 saturated carbocycles. The summed E-state index contributed by atoms with van der Waals surface area (Å²) in [5.41, 5.74) is 2.20. The third-order valence-electron chi connectivity index (χ3n) is 4.00. The minimum Gasteiger partial charge on any atom is -0.351 e. The maximum absolute atomic E-state index is 12.2. The molecule has 0 radical (unpaired) electrons. The zero-order valence-electron chi connectivity index (χ0n) is 16.0. The van der Waals surface area contributed by atoms with Gasteiger partial charge in [0.15, 0.2) is 0 Å². The molecule has 2 N–H and O–H groups in total. The summed E-state index contributed by atoms with van der Waals surface area (Å²) in [7, 11) is 0.555. The maximum Gasteiger partial charge on any atom is 0.244 e. The number of carbonyl (C=O) groups is 1. The van der Waals surface area contributed by atoms with Gasteiger partial charge in [0.05, 0.1) is 12.3 Å². The van der Waals surface area contributed by atoms with Crippen LogP contribution in [0.4, 0.5) is 5.69 Å². The Morgan fingerprint density at radius 3 is 2.36 bits per heavy atom. The van der Waals surface area contributed by atoms with Crippen LogP contribution in [0.5, 0.6) is 0 Å². The third-order valence-corrected chi connectivity index (χ3v) is 4.95. The zero-order valence-corrected chi connectivity index (χ0v) is 17.6. The molecule has 0 heterocycles. The molecular weight excluding hydrogens is 398 g/mol. The normalized spacial score (nSPS) is 12.9. The number of carbonyl (C=O) groups excluding carboxylic acids is 1. The summed E-state index contributed by atoms with van der Waals surface area (Å²) >= 11 is 6.28. The van der Waals surface area contributed by atoms with E-state index in [9.17, 15) is 13.2 Å². The van der Waals surface area contributed by atoms with E-state index in [1.54, 1.807) is 30.3 Å². The zero-order chi connectivity index (χ0) is 20.7. The van der Waals surface area contributed by atoms with E-state index in [2.05, 4.69) is 10.0 Å². The number of likely N-dealkylation sites (N-methyl/N-ethyl adjacent to an activating group) is 1. The number of rotatable bonds is 8. The number of sulfonamides is 1. The molecule has 0 spiro atoms. The highest BCUT2D eigenvalue weighted by atomic mass is 35.5. The minimum absolute atomic E-state index is 0.0487. The van der Waals surface area contributed by atoms with E-state index < -0.39 is 10.0 Å². The Bertz CT molecular complexity index is 941. The van der Waals surface area contributed by atoms with Crippen LogP contribution in [0.15, 0.2) is 54.6 Å². The second kappa shape index (κ2) is 9.73. The predicted octanol–water partition coefficient (Wildman–Crippen LogP) is 3.14. The van der Waals surface area contributed by atoms with Crippen molar-refractivity contribution in [1.29, 1.82) is 0 Å². The minimum atomic E-state index is -3.31. The number of benzene rings is 2. The van der Waals surface area contributed by atoms with Crippen LogP contribution in [0, 0.1) is 0 Å². The lowest BCUT2D eigenvalue weighted by Gasteiger charge is -2.25. The standard InChI is InChI=1S/C20H24ClN3O3S/c1-24(2)19(17-6-4-5-7-18(17)21)14-22-20(25)13-10-15-8-11-16(12-9-15)23-28(3,26)27/h4-13,19,23H,14H2,1-3H3,(H,22,25)/b13-10+. The number of nitrogens with zero attached hydrogens (tertiary/aromatic N) is 1. The molecule has 0 fully saturated rings. The number of hydrogen-bond donors (Lipinski definition) is 2. The number of anilines is 1. The highest BCUT2D eigenvalue weighted by molar-refractivity contribution is 7.92. The van der Waals surface area contributed by atoms with Gasteiger partial charge in [0, 0.05) is 23.3 Å². The maximum atomic E-state index is 12.2. The predicted molar refractivity (Wildman–Crippen MR) is 115 cm³/mol. The molecule has 0 aromatic heterocycles. The largest absolute Gasteiger partial charge is 0.351 e. The fourth-order valence-electron chi connectivity index (χ4n) is 2.62. The Hall–Kier alpha value is -2.35. The Morgan fingerprint density at radius 1 is 1.14 bits per heavy atom. The van der Waals surface area contributed by atoms with Crippen molar-refractivity contribution in [2.75, 3.05) is 31.6 Å². The molecular formula is C20H24ClN3O3S. The van der Waals surface area contributed by atoms with Crippen LogP contribution >= 0.6 is 11.6 Å². The molecule has 1 amide bonds. The van der Waals surface area contributed by atoms with Crippen LogP contribution < -0.4 is 10.0 Å². The van der Waals surface area contributed by atoms with E-state index in [-0.39, 0.29) is 11.9 Å². The van der Waals surface area contributed by atoms with Crippen molar-refractivity contribution in [3.8, 4) is 0 Å². The number of hydrogen-bond acceptors (Lipinski definition) is 4. The Kier molecular flexibility index (Phi) is 7.62. The molecule has 28 heavy (non-hydrogen) atoms. The quantitative estimate of drug-likeness (QED) is 0.642. The molecule has 1 atom stereocenters. The van der Waals surface area contributed by atoms with Crippen molar-refractivity contribution in [1.82, 2.24) is 10.2 Å². The van der Waals surface area contributed by atoms with Crippen molar-refractivity contribution in [3.05, 3.63) is 70.8 Å². The van der Waals surface area contributed by atoms with Crippen molar-refractivity contribution in [3.63, 3.8) is 0 Å². The lowest BCUT2D eigenvalue weighted by molar-refractivity contribution is -0.116. The molecule has 0 saturated heterocycles. The van der Waals surface area contributed by atoms with Gasteiger partial charge in [-0.3, -0.25) is 9.52 Å². The van der Waals surface area contributed by atoms with E-state index in [4.69, 9.17) is 11.6 Å². The summed E-state index contributed by atoms with van der Waals surface area (Å²) in [6.45, 7) is 0.414. The van der Waals surface area contributed by atoms with Gasteiger partial charge in [-0.15, -0.1) is 0 Å². The van der Waals surface area contributed by atoms with Crippen molar-refractivity contribution >= 4 is 39.3 Å². The first-order valence-corrected chi connectivity index (χ1v) is 10.9. The van der Waals surface area contributed by atoms with Crippen LogP contribution in [-0.4, -0.2) is 46.1 Å². The van der Waals surface area contributed by atoms with Crippen molar-refractivity contribution in [2.24, 2.45) is 0 Å². The summed E-state index contributed by atoms with van der Waals surface area (Å²) in [5.74, 6) is -0.225. The number of amides is 1. The van der Waals surface area contributed by atoms with E-state index in [1.807, 2.05) is 43.3 Å². The van der Waals surface area contributed by atoms with E-state index in [1.165, 1.54) is 6.08 Å². The summed E-state index contributed by atoms with van der Waals surface area (Å²) in [6.07, 6.45) is 4.20. The van der Waals surface area contributed by atoms with Crippen LogP contribution in [0.2, 0.25) is 5.02 Å². The fourth-order valence-corrected chi connectivity index (χ4v) is 3.45. The SMILES string of the molecule is CN(C)C(CNC(=O)/C=C/c1ccc(NS(C)(=O)=O)cc1)c1ccccc1Cl. The molecule has 2 rings (SSSR count). The molecule has 1 unspecified atom stereocenters. The first-order chi connectivity index (χ1) is 13.2. The molecule has 0 aliphatic heterocycles. The first-order valence-electron chi connectivity index (χ1n) is 8.60. The van der Waals surface area contributed by atoms with Gasteiger partial charge in [-0.25, -0.2) is 8.42 Å². The Morgan fingerprint density at radius 2 is 1.79 bits per heavy atom. The van der Waals surface area contributed by atoms with Crippen LogP contribution in [0.25, 0.3) is 6.08 Å². The van der Waals surface area contributed by atoms with Gasteiger partial charge < -0.3 is 10.2 Å².